The number of hydrogen-bond acceptors (Lipinski definition) is 5. The van der Waals surface area contributed by atoms with Crippen molar-refractivity contribution in [2.24, 2.45) is 0 Å². The van der Waals surface area contributed by atoms with E-state index in [0.29, 0.717) is 19.2 Å². The number of amides is 1. The minimum absolute atomic E-state index is 0.271. The van der Waals surface area contributed by atoms with E-state index in [-0.39, 0.29) is 12.0 Å². The molecule has 3 aliphatic rings. The monoisotopic (exact) mass is 344 g/mol. The summed E-state index contributed by atoms with van der Waals surface area (Å²) in [5, 5.41) is 0. The van der Waals surface area contributed by atoms with Gasteiger partial charge in [0, 0.05) is 38.9 Å². The highest BCUT2D eigenvalue weighted by atomic mass is 16.5. The third kappa shape index (κ3) is 3.80. The minimum atomic E-state index is 0.271. The first-order valence-corrected chi connectivity index (χ1v) is 9.61. The molecule has 0 radical (unpaired) electrons. The summed E-state index contributed by atoms with van der Waals surface area (Å²) in [6, 6.07) is 6.33. The SMILES string of the molecule is O=C(CN1CCN(c2ccccn2)CC1)N1CCO[C@H]2CCCC[C@H]21. The fourth-order valence-corrected chi connectivity index (χ4v) is 4.36. The molecule has 25 heavy (non-hydrogen) atoms. The van der Waals surface area contributed by atoms with Crippen molar-refractivity contribution in [3.8, 4) is 0 Å². The second kappa shape index (κ2) is 7.70. The van der Waals surface area contributed by atoms with E-state index < -0.39 is 0 Å². The van der Waals surface area contributed by atoms with Crippen LogP contribution in [0.2, 0.25) is 0 Å². The van der Waals surface area contributed by atoms with Gasteiger partial charge in [-0.3, -0.25) is 9.69 Å². The van der Waals surface area contributed by atoms with Gasteiger partial charge in [-0.2, -0.15) is 0 Å². The fraction of sp³-hybridized carbons (Fsp3) is 0.684. The number of rotatable bonds is 3. The molecule has 0 spiro atoms. The van der Waals surface area contributed by atoms with Gasteiger partial charge in [0.05, 0.1) is 25.3 Å². The van der Waals surface area contributed by atoms with Gasteiger partial charge in [-0.1, -0.05) is 18.9 Å². The van der Waals surface area contributed by atoms with Crippen molar-refractivity contribution < 1.29 is 9.53 Å². The molecule has 2 atom stereocenters. The van der Waals surface area contributed by atoms with E-state index in [0.717, 1.165) is 51.4 Å². The van der Waals surface area contributed by atoms with Crippen LogP contribution in [0.15, 0.2) is 24.4 Å². The molecule has 1 saturated carbocycles. The molecular formula is C19H28N4O2. The van der Waals surface area contributed by atoms with E-state index in [9.17, 15) is 4.79 Å². The zero-order valence-corrected chi connectivity index (χ0v) is 14.8. The highest BCUT2D eigenvalue weighted by Gasteiger charge is 2.37. The Kier molecular flexibility index (Phi) is 5.17. The van der Waals surface area contributed by atoms with Crippen LogP contribution in [0.1, 0.15) is 25.7 Å². The number of pyridine rings is 1. The molecule has 6 nitrogen and oxygen atoms in total. The average Bonchev–Trinajstić information content (AvgIpc) is 2.69. The van der Waals surface area contributed by atoms with Gasteiger partial charge >= 0.3 is 0 Å². The van der Waals surface area contributed by atoms with Crippen LogP contribution in [0.5, 0.6) is 0 Å². The number of morpholine rings is 1. The molecule has 4 rings (SSSR count). The number of nitrogens with zero attached hydrogens (tertiary/aromatic N) is 4. The average molecular weight is 344 g/mol. The van der Waals surface area contributed by atoms with Crippen molar-refractivity contribution >= 4 is 11.7 Å². The summed E-state index contributed by atoms with van der Waals surface area (Å²) in [5.74, 6) is 1.32. The zero-order valence-electron chi connectivity index (χ0n) is 14.8. The molecule has 2 aliphatic heterocycles. The quantitative estimate of drug-likeness (QED) is 0.829. The summed E-state index contributed by atoms with van der Waals surface area (Å²) in [4.78, 5) is 24.0. The van der Waals surface area contributed by atoms with E-state index in [1.807, 2.05) is 18.3 Å². The summed E-state index contributed by atoms with van der Waals surface area (Å²) >= 11 is 0. The Morgan fingerprint density at radius 3 is 2.76 bits per heavy atom. The van der Waals surface area contributed by atoms with Crippen molar-refractivity contribution in [1.82, 2.24) is 14.8 Å². The van der Waals surface area contributed by atoms with Crippen molar-refractivity contribution in [1.29, 1.82) is 0 Å². The third-order valence-corrected chi connectivity index (χ3v) is 5.76. The Balaban J connectivity index is 1.30. The first-order valence-electron chi connectivity index (χ1n) is 9.61. The molecule has 1 aliphatic carbocycles. The number of anilines is 1. The fourth-order valence-electron chi connectivity index (χ4n) is 4.36. The van der Waals surface area contributed by atoms with Crippen molar-refractivity contribution in [2.45, 2.75) is 37.8 Å². The summed E-state index contributed by atoms with van der Waals surface area (Å²) < 4.78 is 5.89. The normalized spacial score (nSPS) is 27.8. The Morgan fingerprint density at radius 1 is 1.12 bits per heavy atom. The van der Waals surface area contributed by atoms with Crippen LogP contribution >= 0.6 is 0 Å². The summed E-state index contributed by atoms with van der Waals surface area (Å²) in [6.07, 6.45) is 6.77. The molecule has 3 fully saturated rings. The number of aromatic nitrogens is 1. The van der Waals surface area contributed by atoms with Crippen LogP contribution in [-0.2, 0) is 9.53 Å². The lowest BCUT2D eigenvalue weighted by molar-refractivity contribution is -0.150. The third-order valence-electron chi connectivity index (χ3n) is 5.76. The summed E-state index contributed by atoms with van der Waals surface area (Å²) in [7, 11) is 0. The van der Waals surface area contributed by atoms with Gasteiger partial charge < -0.3 is 14.5 Å². The Morgan fingerprint density at radius 2 is 1.96 bits per heavy atom. The van der Waals surface area contributed by atoms with Gasteiger partial charge in [0.15, 0.2) is 0 Å². The van der Waals surface area contributed by atoms with Crippen molar-refractivity contribution in [3.05, 3.63) is 24.4 Å². The van der Waals surface area contributed by atoms with Crippen LogP contribution in [0.25, 0.3) is 0 Å². The maximum absolute atomic E-state index is 12.9. The molecule has 3 heterocycles. The number of hydrogen-bond donors (Lipinski definition) is 0. The topological polar surface area (TPSA) is 48.9 Å². The number of ether oxygens (including phenoxy) is 1. The Hall–Kier alpha value is -1.66. The first-order chi connectivity index (χ1) is 12.3. The smallest absolute Gasteiger partial charge is 0.237 e. The van der Waals surface area contributed by atoms with Gasteiger partial charge in [0.25, 0.3) is 0 Å². The number of carbonyl (C=O) groups is 1. The number of carbonyl (C=O) groups excluding carboxylic acids is 1. The number of piperazine rings is 1. The largest absolute Gasteiger partial charge is 0.374 e. The lowest BCUT2D eigenvalue weighted by Gasteiger charge is -2.44. The standard InChI is InChI=1S/C19H28N4O2/c24-19(23-13-14-25-17-6-2-1-5-16(17)23)15-21-9-11-22(12-10-21)18-7-3-4-8-20-18/h3-4,7-8,16-17H,1-2,5-6,9-15H2/t16-,17+/m1/s1. The van der Waals surface area contributed by atoms with Crippen LogP contribution in [0.4, 0.5) is 5.82 Å². The second-order valence-corrected chi connectivity index (χ2v) is 7.30. The van der Waals surface area contributed by atoms with Crippen LogP contribution in [0, 0.1) is 0 Å². The lowest BCUT2D eigenvalue weighted by atomic mass is 9.90. The zero-order chi connectivity index (χ0) is 17.1. The summed E-state index contributed by atoms with van der Waals surface area (Å²) in [6.45, 7) is 5.69. The van der Waals surface area contributed by atoms with E-state index >= 15 is 0 Å². The summed E-state index contributed by atoms with van der Waals surface area (Å²) in [5.41, 5.74) is 0. The lowest BCUT2D eigenvalue weighted by Crippen LogP contribution is -2.58. The maximum Gasteiger partial charge on any atom is 0.237 e. The van der Waals surface area contributed by atoms with Crippen LogP contribution in [0.3, 0.4) is 0 Å². The molecule has 0 N–H and O–H groups in total. The molecule has 2 saturated heterocycles. The van der Waals surface area contributed by atoms with Gasteiger partial charge in [-0.15, -0.1) is 0 Å². The molecule has 1 aromatic rings. The molecule has 1 amide bonds. The number of fused-ring (bicyclic) bond motifs is 1. The molecule has 0 unspecified atom stereocenters. The molecule has 136 valence electrons. The van der Waals surface area contributed by atoms with Gasteiger partial charge in [-0.05, 0) is 25.0 Å². The van der Waals surface area contributed by atoms with Crippen molar-refractivity contribution in [3.63, 3.8) is 0 Å². The predicted molar refractivity (Wildman–Crippen MR) is 96.6 cm³/mol. The Bertz CT molecular complexity index is 572. The molecule has 1 aromatic heterocycles. The molecule has 0 aromatic carbocycles. The van der Waals surface area contributed by atoms with E-state index in [1.165, 1.54) is 12.8 Å². The van der Waals surface area contributed by atoms with Gasteiger partial charge in [-0.25, -0.2) is 4.98 Å². The van der Waals surface area contributed by atoms with Crippen molar-refractivity contribution in [2.75, 3.05) is 50.8 Å². The van der Waals surface area contributed by atoms with Crippen LogP contribution in [-0.4, -0.2) is 78.7 Å². The van der Waals surface area contributed by atoms with Gasteiger partial charge in [0.2, 0.25) is 5.91 Å². The highest BCUT2D eigenvalue weighted by molar-refractivity contribution is 5.79. The highest BCUT2D eigenvalue weighted by Crippen LogP contribution is 2.28. The molecule has 0 bridgehead atoms. The Labute approximate surface area is 149 Å². The predicted octanol–water partition coefficient (Wildman–Crippen LogP) is 1.37. The second-order valence-electron chi connectivity index (χ2n) is 7.30. The minimum Gasteiger partial charge on any atom is -0.374 e. The van der Waals surface area contributed by atoms with E-state index in [1.54, 1.807) is 0 Å². The van der Waals surface area contributed by atoms with E-state index in [4.69, 9.17) is 4.74 Å². The molecule has 6 heteroatoms. The first kappa shape index (κ1) is 16.8. The van der Waals surface area contributed by atoms with Crippen LogP contribution < -0.4 is 4.90 Å². The molecular weight excluding hydrogens is 316 g/mol. The van der Waals surface area contributed by atoms with Gasteiger partial charge in [0.1, 0.15) is 5.82 Å². The maximum atomic E-state index is 12.9. The van der Waals surface area contributed by atoms with E-state index in [2.05, 4.69) is 25.8 Å².